The van der Waals surface area contributed by atoms with E-state index in [0.717, 1.165) is 17.0 Å². The van der Waals surface area contributed by atoms with E-state index in [-0.39, 0.29) is 17.2 Å². The lowest BCUT2D eigenvalue weighted by Gasteiger charge is -2.17. The van der Waals surface area contributed by atoms with E-state index in [1.165, 1.54) is 23.1 Å². The molecular weight excluding hydrogens is 430 g/mol. The van der Waals surface area contributed by atoms with E-state index >= 15 is 0 Å². The minimum Gasteiger partial charge on any atom is -0.497 e. The highest BCUT2D eigenvalue weighted by atomic mass is 32.2. The van der Waals surface area contributed by atoms with Gasteiger partial charge in [0, 0.05) is 12.7 Å². The summed E-state index contributed by atoms with van der Waals surface area (Å²) in [7, 11) is 3.37. The molecule has 0 saturated carbocycles. The standard InChI is InChI=1S/C23H21N3O3S2/c1-25(17-6-4-3-5-7-17)20(27)15-31-23-24-19-12-13-30-21(19)22(28)26(23)14-16-8-10-18(29-2)11-9-16/h3-13H,14-15H2,1-2H3. The van der Waals surface area contributed by atoms with E-state index in [9.17, 15) is 9.59 Å². The molecule has 0 radical (unpaired) electrons. The molecule has 31 heavy (non-hydrogen) atoms. The lowest BCUT2D eigenvalue weighted by Crippen LogP contribution is -2.29. The van der Waals surface area contributed by atoms with Crippen molar-refractivity contribution in [3.05, 3.63) is 82.0 Å². The SMILES string of the molecule is COc1ccc(Cn2c(SCC(=O)N(C)c3ccccc3)nc3ccsc3c2=O)cc1. The molecule has 2 heterocycles. The Kier molecular flexibility index (Phi) is 6.39. The quantitative estimate of drug-likeness (QED) is 0.310. The molecule has 0 spiro atoms. The number of hydrogen-bond acceptors (Lipinski definition) is 6. The molecule has 0 fully saturated rings. The average molecular weight is 452 g/mol. The van der Waals surface area contributed by atoms with Gasteiger partial charge in [0.05, 0.1) is 24.9 Å². The van der Waals surface area contributed by atoms with Crippen molar-refractivity contribution >= 4 is 44.9 Å². The van der Waals surface area contributed by atoms with Crippen molar-refractivity contribution in [2.75, 3.05) is 24.8 Å². The van der Waals surface area contributed by atoms with Gasteiger partial charge in [0.25, 0.3) is 5.56 Å². The fraction of sp³-hybridized carbons (Fsp3) is 0.174. The maximum absolute atomic E-state index is 13.1. The largest absolute Gasteiger partial charge is 0.497 e. The molecule has 0 aliphatic rings. The molecule has 0 atom stereocenters. The van der Waals surface area contributed by atoms with Crippen molar-refractivity contribution in [2.45, 2.75) is 11.7 Å². The van der Waals surface area contributed by atoms with Crippen LogP contribution >= 0.6 is 23.1 Å². The first-order chi connectivity index (χ1) is 15.1. The van der Waals surface area contributed by atoms with Crippen LogP contribution < -0.4 is 15.2 Å². The third-order valence-corrected chi connectivity index (χ3v) is 6.73. The fourth-order valence-electron chi connectivity index (χ4n) is 3.11. The van der Waals surface area contributed by atoms with E-state index in [0.29, 0.717) is 21.9 Å². The summed E-state index contributed by atoms with van der Waals surface area (Å²) in [4.78, 5) is 32.2. The Balaban J connectivity index is 1.60. The lowest BCUT2D eigenvalue weighted by atomic mass is 10.2. The number of fused-ring (bicyclic) bond motifs is 1. The highest BCUT2D eigenvalue weighted by Crippen LogP contribution is 2.23. The Morgan fingerprint density at radius 1 is 1.13 bits per heavy atom. The van der Waals surface area contributed by atoms with Gasteiger partial charge in [-0.3, -0.25) is 14.2 Å². The smallest absolute Gasteiger partial charge is 0.272 e. The second-order valence-corrected chi connectivity index (χ2v) is 8.70. The maximum atomic E-state index is 13.1. The van der Waals surface area contributed by atoms with Gasteiger partial charge in [-0.1, -0.05) is 42.1 Å². The molecule has 4 rings (SSSR count). The predicted octanol–water partition coefficient (Wildman–Crippen LogP) is 4.27. The number of hydrogen-bond donors (Lipinski definition) is 0. The molecule has 4 aromatic rings. The van der Waals surface area contributed by atoms with Crippen molar-refractivity contribution in [1.29, 1.82) is 0 Å². The molecule has 0 N–H and O–H groups in total. The normalized spacial score (nSPS) is 10.9. The van der Waals surface area contributed by atoms with E-state index in [4.69, 9.17) is 4.74 Å². The third-order valence-electron chi connectivity index (χ3n) is 4.87. The van der Waals surface area contributed by atoms with Crippen LogP contribution in [0.1, 0.15) is 5.56 Å². The summed E-state index contributed by atoms with van der Waals surface area (Å²) in [5.74, 6) is 0.870. The topological polar surface area (TPSA) is 64.4 Å². The van der Waals surface area contributed by atoms with Gasteiger partial charge in [0.15, 0.2) is 5.16 Å². The number of nitrogens with zero attached hydrogens (tertiary/aromatic N) is 3. The molecule has 8 heteroatoms. The molecule has 0 saturated heterocycles. The summed E-state index contributed by atoms with van der Waals surface area (Å²) in [6, 6.07) is 18.9. The molecule has 1 amide bonds. The second kappa shape index (κ2) is 9.36. The number of thiophene rings is 1. The van der Waals surface area contributed by atoms with Crippen LogP contribution in [0.4, 0.5) is 5.69 Å². The third kappa shape index (κ3) is 4.65. The van der Waals surface area contributed by atoms with Crippen molar-refractivity contribution in [1.82, 2.24) is 9.55 Å². The van der Waals surface area contributed by atoms with Crippen LogP contribution in [0.2, 0.25) is 0 Å². The van der Waals surface area contributed by atoms with Gasteiger partial charge in [-0.05, 0) is 41.3 Å². The van der Waals surface area contributed by atoms with Gasteiger partial charge >= 0.3 is 0 Å². The van der Waals surface area contributed by atoms with E-state index in [1.54, 1.807) is 23.6 Å². The van der Waals surface area contributed by atoms with Gasteiger partial charge in [-0.25, -0.2) is 4.98 Å². The number of rotatable bonds is 7. The van der Waals surface area contributed by atoms with Crippen LogP contribution in [-0.2, 0) is 11.3 Å². The Hall–Kier alpha value is -3.10. The van der Waals surface area contributed by atoms with Crippen LogP contribution in [0.3, 0.4) is 0 Å². The molecule has 2 aromatic heterocycles. The Morgan fingerprint density at radius 2 is 1.87 bits per heavy atom. The zero-order valence-electron chi connectivity index (χ0n) is 17.1. The number of carbonyl (C=O) groups is 1. The first kappa shape index (κ1) is 21.1. The highest BCUT2D eigenvalue weighted by molar-refractivity contribution is 7.99. The first-order valence-electron chi connectivity index (χ1n) is 9.62. The number of benzene rings is 2. The molecule has 0 aliphatic heterocycles. The van der Waals surface area contributed by atoms with Crippen molar-refractivity contribution in [3.8, 4) is 5.75 Å². The van der Waals surface area contributed by atoms with Crippen LogP contribution in [0, 0.1) is 0 Å². The summed E-state index contributed by atoms with van der Waals surface area (Å²) in [5.41, 5.74) is 2.34. The number of para-hydroxylation sites is 1. The molecule has 2 aromatic carbocycles. The van der Waals surface area contributed by atoms with Gasteiger partial charge < -0.3 is 9.64 Å². The number of aromatic nitrogens is 2. The van der Waals surface area contributed by atoms with E-state index < -0.39 is 0 Å². The zero-order valence-corrected chi connectivity index (χ0v) is 18.8. The zero-order chi connectivity index (χ0) is 21.8. The van der Waals surface area contributed by atoms with Gasteiger partial charge in [0.2, 0.25) is 5.91 Å². The summed E-state index contributed by atoms with van der Waals surface area (Å²) in [5, 5.41) is 2.39. The lowest BCUT2D eigenvalue weighted by molar-refractivity contribution is -0.115. The minimum absolute atomic E-state index is 0.0631. The van der Waals surface area contributed by atoms with E-state index in [2.05, 4.69) is 4.98 Å². The predicted molar refractivity (Wildman–Crippen MR) is 127 cm³/mol. The van der Waals surface area contributed by atoms with Gasteiger partial charge in [0.1, 0.15) is 10.4 Å². The number of carbonyl (C=O) groups excluding carboxylic acids is 1. The number of amides is 1. The maximum Gasteiger partial charge on any atom is 0.272 e. The van der Waals surface area contributed by atoms with Gasteiger partial charge in [-0.15, -0.1) is 11.3 Å². The summed E-state index contributed by atoms with van der Waals surface area (Å²) >= 11 is 2.66. The van der Waals surface area contributed by atoms with E-state index in [1.807, 2.05) is 66.0 Å². The highest BCUT2D eigenvalue weighted by Gasteiger charge is 2.17. The molecule has 0 aliphatic carbocycles. The summed E-state index contributed by atoms with van der Waals surface area (Å²) in [6.07, 6.45) is 0. The summed E-state index contributed by atoms with van der Waals surface area (Å²) < 4.78 is 7.47. The first-order valence-corrected chi connectivity index (χ1v) is 11.5. The summed E-state index contributed by atoms with van der Waals surface area (Å²) in [6.45, 7) is 0.370. The van der Waals surface area contributed by atoms with Crippen molar-refractivity contribution in [2.24, 2.45) is 0 Å². The fourth-order valence-corrected chi connectivity index (χ4v) is 4.80. The number of ether oxygens (including phenoxy) is 1. The molecule has 6 nitrogen and oxygen atoms in total. The van der Waals surface area contributed by atoms with Crippen LogP contribution in [0.15, 0.2) is 76.0 Å². The number of anilines is 1. The number of methoxy groups -OCH3 is 1. The van der Waals surface area contributed by atoms with Crippen molar-refractivity contribution in [3.63, 3.8) is 0 Å². The van der Waals surface area contributed by atoms with Crippen LogP contribution in [-0.4, -0.2) is 35.4 Å². The Labute approximate surface area is 188 Å². The molecule has 158 valence electrons. The minimum atomic E-state index is -0.0952. The molecule has 0 bridgehead atoms. The van der Waals surface area contributed by atoms with Gasteiger partial charge in [-0.2, -0.15) is 0 Å². The molecule has 0 unspecified atom stereocenters. The average Bonchev–Trinajstić information content (AvgIpc) is 3.29. The van der Waals surface area contributed by atoms with Crippen molar-refractivity contribution < 1.29 is 9.53 Å². The monoisotopic (exact) mass is 451 g/mol. The van der Waals surface area contributed by atoms with Crippen LogP contribution in [0.5, 0.6) is 5.75 Å². The Bertz CT molecular complexity index is 1250. The van der Waals surface area contributed by atoms with Crippen LogP contribution in [0.25, 0.3) is 10.2 Å². The number of thioether (sulfide) groups is 1. The molecular formula is C23H21N3O3S2. The Morgan fingerprint density at radius 3 is 2.58 bits per heavy atom. The second-order valence-electron chi connectivity index (χ2n) is 6.85.